The van der Waals surface area contributed by atoms with Crippen LogP contribution in [0.2, 0.25) is 10.0 Å². The first-order chi connectivity index (χ1) is 5.68. The Kier molecular flexibility index (Phi) is 1.78. The topological polar surface area (TPSA) is 15.8 Å². The molecule has 0 unspecified atom stereocenters. The number of halogens is 2. The summed E-state index contributed by atoms with van der Waals surface area (Å²) in [6.45, 7) is 2.01. The maximum atomic E-state index is 6.00. The third kappa shape index (κ3) is 1.10. The van der Waals surface area contributed by atoms with E-state index in [9.17, 15) is 0 Å². The van der Waals surface area contributed by atoms with E-state index in [1.807, 2.05) is 19.2 Å². The van der Waals surface area contributed by atoms with Crippen LogP contribution < -0.4 is 0 Å². The molecule has 0 bridgehead atoms. The minimum absolute atomic E-state index is 0.661. The molecule has 62 valence electrons. The van der Waals surface area contributed by atoms with Crippen LogP contribution >= 0.6 is 23.2 Å². The zero-order chi connectivity index (χ0) is 8.72. The summed E-state index contributed by atoms with van der Waals surface area (Å²) in [5, 5.41) is 2.42. The van der Waals surface area contributed by atoms with Crippen LogP contribution in [0.4, 0.5) is 0 Å². The van der Waals surface area contributed by atoms with Crippen LogP contribution in [0.1, 0.15) is 5.56 Å². The minimum atomic E-state index is 0.661. The smallest absolute Gasteiger partial charge is 0.0517 e. The number of benzene rings is 1. The Morgan fingerprint density at radius 1 is 1.25 bits per heavy atom. The molecular weight excluding hydrogens is 193 g/mol. The fourth-order valence-electron chi connectivity index (χ4n) is 1.35. The average Bonchev–Trinajstić information content (AvgIpc) is 2.31. The van der Waals surface area contributed by atoms with Gasteiger partial charge in [-0.1, -0.05) is 23.2 Å². The van der Waals surface area contributed by atoms with Crippen molar-refractivity contribution in [2.24, 2.45) is 0 Å². The van der Waals surface area contributed by atoms with E-state index in [1.54, 1.807) is 6.07 Å². The van der Waals surface area contributed by atoms with Crippen molar-refractivity contribution in [2.75, 3.05) is 0 Å². The monoisotopic (exact) mass is 199 g/mol. The van der Waals surface area contributed by atoms with Crippen molar-refractivity contribution in [2.45, 2.75) is 6.92 Å². The van der Waals surface area contributed by atoms with E-state index >= 15 is 0 Å². The standard InChI is InChI=1S/C9H7Cl2N/c1-5-4-12-8-3-6(10)2-7(11)9(5)8/h2-4,12H,1H3. The number of aromatic nitrogens is 1. The van der Waals surface area contributed by atoms with Crippen LogP contribution in [0, 0.1) is 6.92 Å². The van der Waals surface area contributed by atoms with Crippen LogP contribution in [0.25, 0.3) is 10.9 Å². The molecule has 0 aliphatic heterocycles. The van der Waals surface area contributed by atoms with E-state index in [1.165, 1.54) is 0 Å². The molecule has 3 heteroatoms. The van der Waals surface area contributed by atoms with Gasteiger partial charge in [-0.3, -0.25) is 0 Å². The summed E-state index contributed by atoms with van der Waals surface area (Å²) < 4.78 is 0. The van der Waals surface area contributed by atoms with Gasteiger partial charge in [0.2, 0.25) is 0 Å². The highest BCUT2D eigenvalue weighted by atomic mass is 35.5. The second-order valence-corrected chi connectivity index (χ2v) is 3.63. The molecule has 0 atom stereocenters. The third-order valence-corrected chi connectivity index (χ3v) is 2.41. The lowest BCUT2D eigenvalue weighted by Gasteiger charge is -1.96. The predicted octanol–water partition coefficient (Wildman–Crippen LogP) is 3.78. The van der Waals surface area contributed by atoms with E-state index in [-0.39, 0.29) is 0 Å². The fraction of sp³-hybridized carbons (Fsp3) is 0.111. The normalized spacial score (nSPS) is 10.9. The average molecular weight is 200 g/mol. The Morgan fingerprint density at radius 2 is 2.00 bits per heavy atom. The number of H-pyrrole nitrogens is 1. The first-order valence-corrected chi connectivity index (χ1v) is 4.37. The van der Waals surface area contributed by atoms with Gasteiger partial charge < -0.3 is 4.98 Å². The Morgan fingerprint density at radius 3 is 2.75 bits per heavy atom. The number of hydrogen-bond acceptors (Lipinski definition) is 0. The number of rotatable bonds is 0. The third-order valence-electron chi connectivity index (χ3n) is 1.89. The van der Waals surface area contributed by atoms with Gasteiger partial charge in [0, 0.05) is 22.1 Å². The Balaban J connectivity index is 2.93. The molecule has 0 amide bonds. The number of hydrogen-bond donors (Lipinski definition) is 1. The molecule has 0 saturated heterocycles. The lowest BCUT2D eigenvalue weighted by atomic mass is 10.2. The maximum Gasteiger partial charge on any atom is 0.0517 e. The summed E-state index contributed by atoms with van der Waals surface area (Å²) in [5.74, 6) is 0. The fourth-order valence-corrected chi connectivity index (χ4v) is 1.99. The van der Waals surface area contributed by atoms with Crippen molar-refractivity contribution in [1.29, 1.82) is 0 Å². The highest BCUT2D eigenvalue weighted by Gasteiger charge is 2.04. The first-order valence-electron chi connectivity index (χ1n) is 3.61. The van der Waals surface area contributed by atoms with Crippen molar-refractivity contribution in [3.63, 3.8) is 0 Å². The highest BCUT2D eigenvalue weighted by Crippen LogP contribution is 2.29. The summed E-state index contributed by atoms with van der Waals surface area (Å²) in [7, 11) is 0. The molecule has 12 heavy (non-hydrogen) atoms. The van der Waals surface area contributed by atoms with Crippen molar-refractivity contribution in [1.82, 2.24) is 4.98 Å². The first kappa shape index (κ1) is 7.96. The molecule has 1 aromatic heterocycles. The summed E-state index contributed by atoms with van der Waals surface area (Å²) in [5.41, 5.74) is 2.14. The van der Waals surface area contributed by atoms with Crippen LogP contribution in [0.5, 0.6) is 0 Å². The predicted molar refractivity (Wildman–Crippen MR) is 53.1 cm³/mol. The molecule has 1 aromatic carbocycles. The SMILES string of the molecule is Cc1c[nH]c2cc(Cl)cc(Cl)c12. The van der Waals surface area contributed by atoms with Gasteiger partial charge >= 0.3 is 0 Å². The van der Waals surface area contributed by atoms with Gasteiger partial charge in [-0.05, 0) is 24.6 Å². The van der Waals surface area contributed by atoms with Gasteiger partial charge in [-0.2, -0.15) is 0 Å². The summed E-state index contributed by atoms with van der Waals surface area (Å²) in [4.78, 5) is 3.10. The zero-order valence-corrected chi connectivity index (χ0v) is 8.00. The molecule has 0 aliphatic rings. The van der Waals surface area contributed by atoms with E-state index in [4.69, 9.17) is 23.2 Å². The Labute approximate surface area is 80.3 Å². The van der Waals surface area contributed by atoms with Gasteiger partial charge in [0.25, 0.3) is 0 Å². The summed E-state index contributed by atoms with van der Waals surface area (Å²) >= 11 is 11.8. The Hall–Kier alpha value is -0.660. The van der Waals surface area contributed by atoms with E-state index < -0.39 is 0 Å². The number of aromatic amines is 1. The van der Waals surface area contributed by atoms with Crippen molar-refractivity contribution >= 4 is 34.1 Å². The summed E-state index contributed by atoms with van der Waals surface area (Å²) in [6, 6.07) is 3.63. The van der Waals surface area contributed by atoms with E-state index in [0.717, 1.165) is 16.5 Å². The molecule has 1 N–H and O–H groups in total. The molecular formula is C9H7Cl2N. The molecule has 0 radical (unpaired) electrons. The second kappa shape index (κ2) is 2.68. The zero-order valence-electron chi connectivity index (χ0n) is 6.49. The second-order valence-electron chi connectivity index (χ2n) is 2.78. The van der Waals surface area contributed by atoms with E-state index in [2.05, 4.69) is 4.98 Å². The van der Waals surface area contributed by atoms with Crippen LogP contribution in [0.3, 0.4) is 0 Å². The van der Waals surface area contributed by atoms with Gasteiger partial charge in [0.05, 0.1) is 5.02 Å². The molecule has 2 aromatic rings. The maximum absolute atomic E-state index is 6.00. The lowest BCUT2D eigenvalue weighted by Crippen LogP contribution is -1.72. The lowest BCUT2D eigenvalue weighted by molar-refractivity contribution is 1.43. The van der Waals surface area contributed by atoms with Crippen molar-refractivity contribution in [3.05, 3.63) is 33.9 Å². The largest absolute Gasteiger partial charge is 0.361 e. The molecule has 0 saturated carbocycles. The van der Waals surface area contributed by atoms with Gasteiger partial charge in [-0.15, -0.1) is 0 Å². The number of nitrogens with one attached hydrogen (secondary N) is 1. The van der Waals surface area contributed by atoms with Gasteiger partial charge in [-0.25, -0.2) is 0 Å². The highest BCUT2D eigenvalue weighted by molar-refractivity contribution is 6.38. The summed E-state index contributed by atoms with van der Waals surface area (Å²) in [6.07, 6.45) is 1.92. The van der Waals surface area contributed by atoms with Crippen LogP contribution in [-0.2, 0) is 0 Å². The Bertz CT molecular complexity index is 431. The van der Waals surface area contributed by atoms with Gasteiger partial charge in [0.1, 0.15) is 0 Å². The number of fused-ring (bicyclic) bond motifs is 1. The van der Waals surface area contributed by atoms with Crippen molar-refractivity contribution in [3.8, 4) is 0 Å². The van der Waals surface area contributed by atoms with Crippen LogP contribution in [0.15, 0.2) is 18.3 Å². The van der Waals surface area contributed by atoms with Crippen LogP contribution in [-0.4, -0.2) is 4.98 Å². The molecule has 0 spiro atoms. The number of aryl methyl sites for hydroxylation is 1. The molecule has 0 aliphatic carbocycles. The molecule has 1 nitrogen and oxygen atoms in total. The van der Waals surface area contributed by atoms with Crippen molar-refractivity contribution < 1.29 is 0 Å². The van der Waals surface area contributed by atoms with E-state index in [0.29, 0.717) is 10.0 Å². The minimum Gasteiger partial charge on any atom is -0.361 e. The quantitative estimate of drug-likeness (QED) is 0.665. The molecule has 0 fully saturated rings. The van der Waals surface area contributed by atoms with Gasteiger partial charge in [0.15, 0.2) is 0 Å². The molecule has 2 rings (SSSR count). The molecule has 1 heterocycles.